The van der Waals surface area contributed by atoms with Gasteiger partial charge in [-0.05, 0) is 11.8 Å². The smallest absolute Gasteiger partial charge is 0.438 e. The third-order valence-corrected chi connectivity index (χ3v) is 9.69. The molecule has 0 aliphatic heterocycles. The van der Waals surface area contributed by atoms with Crippen molar-refractivity contribution in [1.82, 2.24) is 59.8 Å². The van der Waals surface area contributed by atoms with E-state index in [4.69, 9.17) is 24.5 Å². The first-order valence-corrected chi connectivity index (χ1v) is 23.3. The van der Waals surface area contributed by atoms with Gasteiger partial charge < -0.3 is 14.0 Å². The van der Waals surface area contributed by atoms with Crippen LogP contribution in [0.25, 0.3) is 0 Å². The molecule has 0 spiro atoms. The lowest BCUT2D eigenvalue weighted by Crippen LogP contribution is -2.23. The first-order valence-electron chi connectivity index (χ1n) is 21.7. The van der Waals surface area contributed by atoms with Crippen molar-refractivity contribution in [3.8, 4) is 11.9 Å². The Labute approximate surface area is 419 Å². The summed E-state index contributed by atoms with van der Waals surface area (Å²) in [6, 6.07) is 3.11. The molecule has 25 nitrogen and oxygen atoms in total. The summed E-state index contributed by atoms with van der Waals surface area (Å²) in [5.74, 6) is 2.11. The van der Waals surface area contributed by atoms with Gasteiger partial charge in [-0.3, -0.25) is 57.5 Å². The summed E-state index contributed by atoms with van der Waals surface area (Å²) in [6.45, 7) is 30.4. The predicted octanol–water partition coefficient (Wildman–Crippen LogP) is 6.91. The van der Waals surface area contributed by atoms with Crippen LogP contribution in [0, 0.1) is 23.3 Å². The van der Waals surface area contributed by atoms with Crippen LogP contribution in [0.1, 0.15) is 187 Å². The van der Waals surface area contributed by atoms with E-state index < -0.39 is 5.76 Å². The van der Waals surface area contributed by atoms with Gasteiger partial charge in [-0.2, -0.15) is 20.0 Å². The third-order valence-electron chi connectivity index (χ3n) is 8.00. The number of nitrogens with one attached hydrogen (secondary N) is 7. The summed E-state index contributed by atoms with van der Waals surface area (Å²) in [4.78, 5) is 77.3. The monoisotopic (exact) mass is 1040 g/mol. The minimum Gasteiger partial charge on any atom is -0.502 e. The number of carbonyl (C=O) groups is 2. The normalized spacial score (nSPS) is 9.97. The number of amides is 2. The van der Waals surface area contributed by atoms with Gasteiger partial charge in [-0.25, -0.2) is 10.3 Å². The summed E-state index contributed by atoms with van der Waals surface area (Å²) in [7, 11) is 0. The van der Waals surface area contributed by atoms with E-state index in [2.05, 4.69) is 67.4 Å². The Balaban J connectivity index is -0.000000745. The van der Waals surface area contributed by atoms with Crippen LogP contribution in [-0.2, 0) is 9.59 Å². The molecule has 0 bridgehead atoms. The van der Waals surface area contributed by atoms with Crippen molar-refractivity contribution in [2.75, 3.05) is 0 Å². The molecule has 27 heteroatoms. The van der Waals surface area contributed by atoms with Gasteiger partial charge >= 0.3 is 5.76 Å². The number of hydroxylamine groups is 1. The van der Waals surface area contributed by atoms with Crippen molar-refractivity contribution in [2.45, 2.75) is 154 Å². The van der Waals surface area contributed by atoms with Crippen molar-refractivity contribution >= 4 is 35.1 Å². The molecule has 2 amide bonds. The van der Waals surface area contributed by atoms with Crippen LogP contribution in [0.3, 0.4) is 0 Å². The van der Waals surface area contributed by atoms with Crippen molar-refractivity contribution in [2.24, 2.45) is 11.8 Å². The van der Waals surface area contributed by atoms with Gasteiger partial charge in [0.25, 0.3) is 16.7 Å². The van der Waals surface area contributed by atoms with Gasteiger partial charge in [0.15, 0.2) is 23.6 Å². The topological polar surface area (TPSA) is 391 Å². The first-order chi connectivity index (χ1) is 32.6. The SMILES string of the molecule is C.CC(C)C(=O)NC#N.CC(C)C(=O)NO.CC(C)c1cc(=O)[nH]o1.CC(C)c1cc(=O)[nH]s1.CC(C)c1cocc(O)c1=O.CC(C)c1nn[nH]n1.CC(C)c1noc(=O)[nH]1.CC(C)c1ns[nH]c1=O. The predicted molar refractivity (Wildman–Crippen MR) is 270 cm³/mol. The molecular weight excluding hydrogens is 967 g/mol. The average Bonchev–Trinajstić information content (AvgIpc) is 4.16. The highest BCUT2D eigenvalue weighted by atomic mass is 32.1. The number of aromatic nitrogens is 10. The lowest BCUT2D eigenvalue weighted by Gasteiger charge is -2.01. The molecule has 398 valence electrons. The number of aromatic amines is 5. The molecule has 6 rings (SSSR count). The Hall–Kier alpha value is -7.05. The van der Waals surface area contributed by atoms with Crippen molar-refractivity contribution < 1.29 is 33.4 Å². The first kappa shape index (κ1) is 68.2. The number of hydrogen-bond acceptors (Lipinski definition) is 20. The Morgan fingerprint density at radius 1 is 0.761 bits per heavy atom. The lowest BCUT2D eigenvalue weighted by molar-refractivity contribution is -0.132. The summed E-state index contributed by atoms with van der Waals surface area (Å²) in [5.41, 5.74) is 2.13. The second kappa shape index (κ2) is 36.9. The number of nitrogens with zero attached hydrogens (tertiary/aromatic N) is 6. The minimum absolute atomic E-state index is 0. The Morgan fingerprint density at radius 3 is 1.59 bits per heavy atom. The van der Waals surface area contributed by atoms with Crippen LogP contribution >= 0.6 is 23.3 Å². The molecule has 6 aromatic rings. The molecule has 0 aliphatic rings. The second-order valence-corrected chi connectivity index (χ2v) is 18.3. The number of aromatic hydroxyl groups is 1. The molecule has 0 unspecified atom stereocenters. The third kappa shape index (κ3) is 30.2. The van der Waals surface area contributed by atoms with Crippen molar-refractivity contribution in [1.29, 1.82) is 5.26 Å². The highest BCUT2D eigenvalue weighted by molar-refractivity contribution is 7.05. The highest BCUT2D eigenvalue weighted by Gasteiger charge is 2.09. The summed E-state index contributed by atoms with van der Waals surface area (Å²) in [5, 5.41) is 45.8. The minimum atomic E-state index is -0.487. The summed E-state index contributed by atoms with van der Waals surface area (Å²) < 4.78 is 22.8. The quantitative estimate of drug-likeness (QED) is 0.0323. The fourth-order valence-electron chi connectivity index (χ4n) is 3.80. The number of carbonyl (C=O) groups excluding carboxylic acids is 2. The van der Waals surface area contributed by atoms with Gasteiger partial charge in [0.05, 0.1) is 6.26 Å². The number of nitriles is 1. The standard InChI is InChI=1S/C8H10O3.C6H9NO2.C6H9NOS.C5H8N2O2.C5H8N2OS.C5H8N2O.C4H8N4.C4H9NO2.CH4/c1-5(2)6-3-11-4-7(9)8(6)10;2*1-4(2)5-3-6(8)7-9-5;1-3(2)4-6-5(8)9-7-4;1-3(2)4-5(8)7-9-6-4;1-4(2)5(8)7-3-6;1-3(2)4-5-7-8-6-4;1-3(2)4(6)5-7;/h3-5,9H,1-2H3;2*3-4H,1-2H3,(H,7,8);3H,1-2H3,(H,6,7,8);3H,1-2H3,(H,7,8);4H,1-2H3,(H,7,8);3H,1-2H3,(H,5,6,7,8);3,7H,1-2H3,(H,5,6);1H4. The van der Waals surface area contributed by atoms with E-state index in [0.29, 0.717) is 34.7 Å². The zero-order valence-electron chi connectivity index (χ0n) is 42.4. The Bertz CT molecular complexity index is 2530. The molecule has 6 aromatic heterocycles. The molecule has 0 aliphatic carbocycles. The van der Waals surface area contributed by atoms with Crippen LogP contribution in [0.15, 0.2) is 62.1 Å². The molecule has 71 heavy (non-hydrogen) atoms. The van der Waals surface area contributed by atoms with Crippen LogP contribution in [0.4, 0.5) is 0 Å². The van der Waals surface area contributed by atoms with Crippen LogP contribution in [-0.4, -0.2) is 71.2 Å². The Kier molecular flexibility index (Phi) is 35.4. The van der Waals surface area contributed by atoms with Crippen LogP contribution < -0.4 is 38.7 Å². The van der Waals surface area contributed by atoms with E-state index in [1.165, 1.54) is 29.3 Å². The van der Waals surface area contributed by atoms with Crippen molar-refractivity contribution in [3.05, 3.63) is 110 Å². The largest absolute Gasteiger partial charge is 0.502 e. The molecule has 0 fully saturated rings. The number of tetrazole rings is 1. The van der Waals surface area contributed by atoms with Gasteiger partial charge in [-0.15, -0.1) is 10.2 Å². The Morgan fingerprint density at radius 2 is 1.37 bits per heavy atom. The van der Waals surface area contributed by atoms with E-state index in [-0.39, 0.29) is 82.6 Å². The van der Waals surface area contributed by atoms with Crippen LogP contribution in [0.2, 0.25) is 0 Å². The molecular formula is C44H73N13O12S2. The molecule has 0 saturated carbocycles. The van der Waals surface area contributed by atoms with E-state index >= 15 is 0 Å². The maximum atomic E-state index is 11.1. The zero-order valence-corrected chi connectivity index (χ0v) is 44.0. The van der Waals surface area contributed by atoms with E-state index in [1.807, 2.05) is 74.6 Å². The molecule has 9 N–H and O–H groups in total. The summed E-state index contributed by atoms with van der Waals surface area (Å²) >= 11 is 2.53. The molecule has 0 aromatic carbocycles. The zero-order chi connectivity index (χ0) is 54.3. The maximum absolute atomic E-state index is 11.1. The van der Waals surface area contributed by atoms with Gasteiger partial charge in [0, 0.05) is 69.8 Å². The van der Waals surface area contributed by atoms with Gasteiger partial charge in [-0.1, -0.05) is 140 Å². The molecule has 0 atom stereocenters. The number of rotatable bonds is 8. The summed E-state index contributed by atoms with van der Waals surface area (Å²) in [6.07, 6.45) is 3.95. The number of H-pyrrole nitrogens is 5. The fraction of sp³-hybridized carbons (Fsp3) is 0.568. The molecule has 0 saturated heterocycles. The maximum Gasteiger partial charge on any atom is 0.438 e. The van der Waals surface area contributed by atoms with E-state index in [0.717, 1.165) is 28.7 Å². The highest BCUT2D eigenvalue weighted by Crippen LogP contribution is 2.15. The van der Waals surface area contributed by atoms with E-state index in [9.17, 15) is 33.6 Å². The van der Waals surface area contributed by atoms with Crippen molar-refractivity contribution in [3.63, 3.8) is 0 Å². The van der Waals surface area contributed by atoms with Gasteiger partial charge in [0.1, 0.15) is 17.7 Å². The fourth-order valence-corrected chi connectivity index (χ4v) is 5.10. The average molecular weight is 1040 g/mol. The number of hydrogen-bond donors (Lipinski definition) is 9. The van der Waals surface area contributed by atoms with Gasteiger partial charge in [0.2, 0.25) is 17.2 Å². The molecule has 6 heterocycles. The second-order valence-electron chi connectivity index (χ2n) is 16.8. The lowest BCUT2D eigenvalue weighted by atomic mass is 10.1. The van der Waals surface area contributed by atoms with Crippen LogP contribution in [0.5, 0.6) is 5.75 Å². The van der Waals surface area contributed by atoms with E-state index in [1.54, 1.807) is 40.0 Å². The molecule has 0 radical (unpaired) electrons.